The minimum Gasteiger partial charge on any atom is -0.393 e. The molecule has 1 unspecified atom stereocenters. The van der Waals surface area contributed by atoms with Gasteiger partial charge in [-0.05, 0) is 24.8 Å². The van der Waals surface area contributed by atoms with Gasteiger partial charge in [0, 0.05) is 0 Å². The fraction of sp³-hybridized carbons (Fsp3) is 0.368. The van der Waals surface area contributed by atoms with Crippen LogP contribution in [-0.4, -0.2) is 19.3 Å². The van der Waals surface area contributed by atoms with Gasteiger partial charge < -0.3 is 5.11 Å². The van der Waals surface area contributed by atoms with E-state index in [9.17, 15) is 5.11 Å². The molecule has 2 aromatic rings. The van der Waals surface area contributed by atoms with Crippen LogP contribution < -0.4 is 5.19 Å². The van der Waals surface area contributed by atoms with Gasteiger partial charge in [0.15, 0.2) is 0 Å². The van der Waals surface area contributed by atoms with Crippen LogP contribution >= 0.6 is 0 Å². The topological polar surface area (TPSA) is 20.2 Å². The quantitative estimate of drug-likeness (QED) is 0.766. The minimum absolute atomic E-state index is 0.180. The molecule has 0 bridgehead atoms. The maximum absolute atomic E-state index is 10.2. The zero-order valence-corrected chi connectivity index (χ0v) is 14.1. The van der Waals surface area contributed by atoms with Gasteiger partial charge in [0.25, 0.3) is 0 Å². The van der Waals surface area contributed by atoms with Gasteiger partial charge in [0.1, 0.15) is 0 Å². The Labute approximate surface area is 129 Å². The number of aliphatic hydroxyl groups excluding tert-OH is 1. The first-order chi connectivity index (χ1) is 10.1. The lowest BCUT2D eigenvalue weighted by molar-refractivity contribution is 0.160. The van der Waals surface area contributed by atoms with Crippen molar-refractivity contribution in [3.63, 3.8) is 0 Å². The molecular formula is C19H26OSi. The normalized spacial score (nSPS) is 13.1. The summed E-state index contributed by atoms with van der Waals surface area (Å²) in [6, 6.07) is 22.4. The van der Waals surface area contributed by atoms with Gasteiger partial charge in [-0.25, -0.2) is 0 Å². The van der Waals surface area contributed by atoms with E-state index >= 15 is 0 Å². The molecule has 0 aliphatic rings. The summed E-state index contributed by atoms with van der Waals surface area (Å²) in [6.07, 6.45) is 2.57. The third-order valence-electron chi connectivity index (χ3n) is 4.27. The van der Waals surface area contributed by atoms with E-state index in [4.69, 9.17) is 0 Å². The molecular weight excluding hydrogens is 272 g/mol. The van der Waals surface area contributed by atoms with Gasteiger partial charge >= 0.3 is 0 Å². The van der Waals surface area contributed by atoms with Crippen molar-refractivity contribution in [2.24, 2.45) is 0 Å². The second-order valence-electron chi connectivity index (χ2n) is 6.47. The second kappa shape index (κ2) is 7.58. The predicted molar refractivity (Wildman–Crippen MR) is 93.8 cm³/mol. The van der Waals surface area contributed by atoms with Gasteiger partial charge in [0.2, 0.25) is 0 Å². The molecule has 2 aromatic carbocycles. The van der Waals surface area contributed by atoms with Crippen molar-refractivity contribution >= 4 is 13.3 Å². The Morgan fingerprint density at radius 2 is 1.43 bits per heavy atom. The van der Waals surface area contributed by atoms with Crippen LogP contribution in [0.25, 0.3) is 0 Å². The zero-order chi connectivity index (χ0) is 15.1. The summed E-state index contributed by atoms with van der Waals surface area (Å²) < 4.78 is 0. The van der Waals surface area contributed by atoms with Crippen molar-refractivity contribution in [2.45, 2.75) is 44.5 Å². The van der Waals surface area contributed by atoms with Crippen LogP contribution in [0.4, 0.5) is 0 Å². The average molecular weight is 299 g/mol. The van der Waals surface area contributed by atoms with Gasteiger partial charge in [-0.15, -0.1) is 0 Å². The van der Waals surface area contributed by atoms with E-state index in [1.165, 1.54) is 10.8 Å². The highest BCUT2D eigenvalue weighted by atomic mass is 28.3. The Balaban J connectivity index is 1.79. The van der Waals surface area contributed by atoms with Crippen LogP contribution in [0, 0.1) is 0 Å². The molecule has 1 N–H and O–H groups in total. The Morgan fingerprint density at radius 1 is 0.857 bits per heavy atom. The number of hydrogen-bond donors (Lipinski definition) is 1. The molecule has 112 valence electrons. The fourth-order valence-corrected chi connectivity index (χ4v) is 5.12. The molecule has 0 radical (unpaired) electrons. The van der Waals surface area contributed by atoms with E-state index in [0.29, 0.717) is 0 Å². The molecule has 1 nitrogen and oxygen atoms in total. The third-order valence-corrected chi connectivity index (χ3v) is 7.70. The molecule has 2 heteroatoms. The summed E-state index contributed by atoms with van der Waals surface area (Å²) in [5, 5.41) is 11.7. The van der Waals surface area contributed by atoms with E-state index in [-0.39, 0.29) is 6.10 Å². The Morgan fingerprint density at radius 3 is 2.05 bits per heavy atom. The fourth-order valence-electron chi connectivity index (χ4n) is 2.68. The van der Waals surface area contributed by atoms with Gasteiger partial charge in [-0.1, -0.05) is 85.0 Å². The molecule has 0 aromatic heterocycles. The Kier molecular flexibility index (Phi) is 5.77. The molecule has 0 amide bonds. The maximum atomic E-state index is 10.2. The SMILES string of the molecule is C[Si](C)(CCC(O)CCc1ccccc1)c1ccccc1. The number of aliphatic hydroxyl groups is 1. The Hall–Kier alpha value is -1.38. The van der Waals surface area contributed by atoms with Crippen LogP contribution in [0.1, 0.15) is 18.4 Å². The number of rotatable bonds is 7. The summed E-state index contributed by atoms with van der Waals surface area (Å²) in [4.78, 5) is 0. The lowest BCUT2D eigenvalue weighted by Gasteiger charge is -2.24. The highest BCUT2D eigenvalue weighted by Gasteiger charge is 2.23. The molecule has 21 heavy (non-hydrogen) atoms. The molecule has 1 atom stereocenters. The van der Waals surface area contributed by atoms with Crippen LogP contribution in [0.3, 0.4) is 0 Å². The highest BCUT2D eigenvalue weighted by molar-refractivity contribution is 6.89. The first kappa shape index (κ1) is 16.0. The van der Waals surface area contributed by atoms with Gasteiger partial charge in [0.05, 0.1) is 14.2 Å². The van der Waals surface area contributed by atoms with Crippen molar-refractivity contribution in [2.75, 3.05) is 0 Å². The minimum atomic E-state index is -1.41. The predicted octanol–water partition coefficient (Wildman–Crippen LogP) is 3.99. The van der Waals surface area contributed by atoms with Crippen LogP contribution in [0.2, 0.25) is 19.1 Å². The van der Waals surface area contributed by atoms with Crippen LogP contribution in [0.5, 0.6) is 0 Å². The molecule has 0 spiro atoms. The van der Waals surface area contributed by atoms with E-state index in [2.05, 4.69) is 67.7 Å². The smallest absolute Gasteiger partial charge is 0.0807 e. The largest absolute Gasteiger partial charge is 0.393 e. The zero-order valence-electron chi connectivity index (χ0n) is 13.1. The number of benzene rings is 2. The first-order valence-electron chi connectivity index (χ1n) is 7.85. The molecule has 0 heterocycles. The standard InChI is InChI=1S/C19H26OSi/c1-21(2,19-11-7-4-8-12-19)16-15-18(20)14-13-17-9-5-3-6-10-17/h3-12,18,20H,13-16H2,1-2H3. The summed E-state index contributed by atoms with van der Waals surface area (Å²) >= 11 is 0. The second-order valence-corrected chi connectivity index (χ2v) is 11.3. The lowest BCUT2D eigenvalue weighted by Crippen LogP contribution is -2.41. The molecule has 0 aliphatic heterocycles. The summed E-state index contributed by atoms with van der Waals surface area (Å²) in [5.41, 5.74) is 1.32. The molecule has 2 rings (SSSR count). The monoisotopic (exact) mass is 298 g/mol. The van der Waals surface area contributed by atoms with E-state index < -0.39 is 8.07 Å². The summed E-state index contributed by atoms with van der Waals surface area (Å²) in [6.45, 7) is 4.79. The molecule has 0 saturated carbocycles. The molecule has 0 aliphatic carbocycles. The van der Waals surface area contributed by atoms with E-state index in [1.54, 1.807) is 0 Å². The van der Waals surface area contributed by atoms with E-state index in [0.717, 1.165) is 25.3 Å². The lowest BCUT2D eigenvalue weighted by atomic mass is 10.1. The van der Waals surface area contributed by atoms with Crippen molar-refractivity contribution in [1.82, 2.24) is 0 Å². The van der Waals surface area contributed by atoms with Crippen molar-refractivity contribution in [3.05, 3.63) is 66.2 Å². The average Bonchev–Trinajstić information content (AvgIpc) is 2.53. The summed E-state index contributed by atoms with van der Waals surface area (Å²) in [5.74, 6) is 0. The maximum Gasteiger partial charge on any atom is 0.0807 e. The van der Waals surface area contributed by atoms with Crippen molar-refractivity contribution in [1.29, 1.82) is 0 Å². The van der Waals surface area contributed by atoms with Gasteiger partial charge in [-0.3, -0.25) is 0 Å². The van der Waals surface area contributed by atoms with Crippen molar-refractivity contribution in [3.8, 4) is 0 Å². The van der Waals surface area contributed by atoms with Crippen molar-refractivity contribution < 1.29 is 5.11 Å². The molecule has 0 saturated heterocycles. The summed E-state index contributed by atoms with van der Waals surface area (Å²) in [7, 11) is -1.41. The van der Waals surface area contributed by atoms with Crippen LogP contribution in [0.15, 0.2) is 60.7 Å². The number of aryl methyl sites for hydroxylation is 1. The Bertz CT molecular complexity index is 522. The third kappa shape index (κ3) is 5.14. The van der Waals surface area contributed by atoms with Gasteiger partial charge in [-0.2, -0.15) is 0 Å². The van der Waals surface area contributed by atoms with Crippen LogP contribution in [-0.2, 0) is 6.42 Å². The first-order valence-corrected chi connectivity index (χ1v) is 11.1. The molecule has 0 fully saturated rings. The highest BCUT2D eigenvalue weighted by Crippen LogP contribution is 2.16. The van der Waals surface area contributed by atoms with E-state index in [1.807, 2.05) is 6.07 Å². The number of hydrogen-bond acceptors (Lipinski definition) is 1.